The van der Waals surface area contributed by atoms with Crippen molar-refractivity contribution < 1.29 is 13.2 Å². The van der Waals surface area contributed by atoms with Gasteiger partial charge in [-0.25, -0.2) is 18.4 Å². The molecule has 198 valence electrons. The monoisotopic (exact) mass is 541 g/mol. The predicted octanol–water partition coefficient (Wildman–Crippen LogP) is 3.57. The predicted molar refractivity (Wildman–Crippen MR) is 152 cm³/mol. The molecule has 5 rings (SSSR count). The van der Waals surface area contributed by atoms with Gasteiger partial charge in [0, 0.05) is 61.6 Å². The van der Waals surface area contributed by atoms with Crippen LogP contribution in [-0.2, 0) is 15.7 Å². The number of piperazine rings is 1. The number of carbonyl (C=O) groups is 1. The fourth-order valence-electron chi connectivity index (χ4n) is 4.66. The maximum atomic E-state index is 11.6. The third kappa shape index (κ3) is 5.76. The molecule has 11 heteroatoms. The highest BCUT2D eigenvalue weighted by molar-refractivity contribution is 7.74. The van der Waals surface area contributed by atoms with Gasteiger partial charge in [-0.05, 0) is 35.9 Å². The van der Waals surface area contributed by atoms with Gasteiger partial charge in [-0.1, -0.05) is 36.4 Å². The quantitative estimate of drug-likeness (QED) is 0.269. The van der Waals surface area contributed by atoms with Crippen molar-refractivity contribution >= 4 is 50.7 Å². The Bertz CT molecular complexity index is 1620. The van der Waals surface area contributed by atoms with E-state index in [0.717, 1.165) is 50.8 Å². The number of carbonyl (C=O) groups excluding carboxylic acids is 1. The number of aromatic nitrogens is 2. The average Bonchev–Trinajstić information content (AvgIpc) is 2.96. The van der Waals surface area contributed by atoms with E-state index >= 15 is 0 Å². The van der Waals surface area contributed by atoms with Crippen LogP contribution in [0.25, 0.3) is 22.0 Å². The number of benzene rings is 3. The van der Waals surface area contributed by atoms with Crippen molar-refractivity contribution in [1.82, 2.24) is 14.9 Å². The van der Waals surface area contributed by atoms with Gasteiger partial charge in [0.25, 0.3) is 0 Å². The second kappa shape index (κ2) is 11.4. The Morgan fingerprint density at radius 3 is 2.49 bits per heavy atom. The molecular formula is C28H27N7O3S. The minimum Gasteiger partial charge on any atom is -0.368 e. The maximum Gasteiger partial charge on any atom is 0.227 e. The van der Waals surface area contributed by atoms with Crippen LogP contribution < -0.4 is 14.5 Å². The summed E-state index contributed by atoms with van der Waals surface area (Å²) in [5.41, 5.74) is 4.83. The molecule has 1 saturated heterocycles. The zero-order valence-corrected chi connectivity index (χ0v) is 22.2. The number of fused-ring (bicyclic) bond motifs is 1. The Kier molecular flexibility index (Phi) is 7.56. The van der Waals surface area contributed by atoms with Crippen molar-refractivity contribution in [3.63, 3.8) is 0 Å². The van der Waals surface area contributed by atoms with E-state index in [4.69, 9.17) is 10.2 Å². The molecule has 3 aromatic carbocycles. The topological polar surface area (TPSA) is 123 Å². The molecule has 1 amide bonds. The molecule has 1 fully saturated rings. The first-order chi connectivity index (χ1) is 18.9. The molecule has 1 aromatic heterocycles. The molecule has 39 heavy (non-hydrogen) atoms. The van der Waals surface area contributed by atoms with E-state index in [2.05, 4.69) is 27.3 Å². The van der Waals surface area contributed by atoms with Gasteiger partial charge in [-0.3, -0.25) is 9.10 Å². The molecule has 0 spiro atoms. The fraction of sp³-hybridized carbons (Fsp3) is 0.214. The number of amides is 1. The van der Waals surface area contributed by atoms with Gasteiger partial charge in [0.05, 0.1) is 17.3 Å². The largest absolute Gasteiger partial charge is 0.368 e. The number of rotatable bonds is 7. The van der Waals surface area contributed by atoms with E-state index in [-0.39, 0.29) is 12.5 Å². The van der Waals surface area contributed by atoms with Crippen LogP contribution in [0.15, 0.2) is 72.9 Å². The summed E-state index contributed by atoms with van der Waals surface area (Å²) in [5.74, 6) is 0.558. The molecule has 0 atom stereocenters. The lowest BCUT2D eigenvalue weighted by Gasteiger charge is -2.35. The zero-order valence-electron chi connectivity index (χ0n) is 21.3. The van der Waals surface area contributed by atoms with Crippen molar-refractivity contribution in [3.05, 3.63) is 72.9 Å². The van der Waals surface area contributed by atoms with Gasteiger partial charge in [0.2, 0.25) is 22.7 Å². The van der Waals surface area contributed by atoms with Crippen molar-refractivity contribution in [1.29, 1.82) is 5.26 Å². The van der Waals surface area contributed by atoms with Crippen LogP contribution >= 0.6 is 0 Å². The molecule has 1 N–H and O–H groups in total. The smallest absolute Gasteiger partial charge is 0.227 e. The van der Waals surface area contributed by atoms with Gasteiger partial charge in [0.1, 0.15) is 6.54 Å². The highest BCUT2D eigenvalue weighted by atomic mass is 32.2. The van der Waals surface area contributed by atoms with Gasteiger partial charge >= 0.3 is 0 Å². The number of hydrogen-bond donors (Lipinski definition) is 2. The van der Waals surface area contributed by atoms with E-state index in [1.54, 1.807) is 25.3 Å². The van der Waals surface area contributed by atoms with Gasteiger partial charge < -0.3 is 15.1 Å². The standard InChI is InChI=1S/C28H27N7O3S/c1-20(36)33-14-16-34(17-15-33)25-6-3-5-23(18-25)31-28-30-19-22-4-2-7-26(27(22)32-28)21-8-10-24(11-9-21)35(13-12-29)39(37)38/h2-11,18-19,39H,13-17H2,1H3,(H,30,31,32). The molecule has 2 heterocycles. The second-order valence-corrected chi connectivity index (χ2v) is 10.1. The van der Waals surface area contributed by atoms with E-state index in [0.29, 0.717) is 24.7 Å². The average molecular weight is 542 g/mol. The number of para-hydroxylation sites is 1. The van der Waals surface area contributed by atoms with Crippen LogP contribution in [0.4, 0.5) is 23.0 Å². The van der Waals surface area contributed by atoms with E-state index in [1.165, 1.54) is 0 Å². The lowest BCUT2D eigenvalue weighted by atomic mass is 10.0. The Hall–Kier alpha value is -4.69. The normalized spacial score (nSPS) is 13.4. The molecule has 0 aliphatic carbocycles. The molecule has 0 bridgehead atoms. The van der Waals surface area contributed by atoms with Crippen LogP contribution in [0.2, 0.25) is 0 Å². The second-order valence-electron chi connectivity index (χ2n) is 9.11. The summed E-state index contributed by atoms with van der Waals surface area (Å²) in [7, 11) is -2.92. The maximum absolute atomic E-state index is 11.6. The van der Waals surface area contributed by atoms with E-state index in [1.807, 2.05) is 53.4 Å². The van der Waals surface area contributed by atoms with Crippen molar-refractivity contribution in [3.8, 4) is 17.2 Å². The Morgan fingerprint density at radius 1 is 1.05 bits per heavy atom. The SMILES string of the molecule is CC(=O)N1CCN(c2cccc(Nc3ncc4cccc(-c5ccc(N(CC#N)[SH](=O)=O)cc5)c4n3)c2)CC1. The lowest BCUT2D eigenvalue weighted by Crippen LogP contribution is -2.48. The number of nitriles is 1. The van der Waals surface area contributed by atoms with Crippen LogP contribution in [0, 0.1) is 11.3 Å². The number of thiol groups is 1. The lowest BCUT2D eigenvalue weighted by molar-refractivity contribution is -0.129. The summed E-state index contributed by atoms with van der Waals surface area (Å²) in [4.78, 5) is 25.1. The summed E-state index contributed by atoms with van der Waals surface area (Å²) in [6.45, 7) is 4.32. The number of anilines is 4. The minimum absolute atomic E-state index is 0.106. The number of hydrogen-bond acceptors (Lipinski definition) is 8. The zero-order chi connectivity index (χ0) is 27.4. The first kappa shape index (κ1) is 25.9. The molecule has 10 nitrogen and oxygen atoms in total. The molecular weight excluding hydrogens is 514 g/mol. The summed E-state index contributed by atoms with van der Waals surface area (Å²) in [6.07, 6.45) is 1.77. The van der Waals surface area contributed by atoms with E-state index in [9.17, 15) is 13.2 Å². The molecule has 1 aliphatic heterocycles. The highest BCUT2D eigenvalue weighted by Gasteiger charge is 2.19. The molecule has 1 aliphatic rings. The Balaban J connectivity index is 1.39. The molecule has 0 saturated carbocycles. The minimum atomic E-state index is -2.92. The fourth-order valence-corrected chi connectivity index (χ4v) is 5.16. The van der Waals surface area contributed by atoms with Gasteiger partial charge in [-0.2, -0.15) is 5.26 Å². The van der Waals surface area contributed by atoms with Crippen molar-refractivity contribution in [2.75, 3.05) is 47.2 Å². The van der Waals surface area contributed by atoms with Gasteiger partial charge in [-0.15, -0.1) is 0 Å². The van der Waals surface area contributed by atoms with Crippen LogP contribution in [-0.4, -0.2) is 61.9 Å². The number of nitrogens with zero attached hydrogens (tertiary/aromatic N) is 6. The third-order valence-electron chi connectivity index (χ3n) is 6.70. The summed E-state index contributed by atoms with van der Waals surface area (Å²) in [6, 6.07) is 22.7. The summed E-state index contributed by atoms with van der Waals surface area (Å²) in [5, 5.41) is 13.1. The molecule has 0 radical (unpaired) electrons. The molecule has 4 aromatic rings. The van der Waals surface area contributed by atoms with Gasteiger partial charge in [0.15, 0.2) is 0 Å². The van der Waals surface area contributed by atoms with Crippen LogP contribution in [0.5, 0.6) is 0 Å². The first-order valence-electron chi connectivity index (χ1n) is 12.5. The molecule has 0 unspecified atom stereocenters. The number of nitrogens with one attached hydrogen (secondary N) is 1. The third-order valence-corrected chi connectivity index (χ3v) is 7.46. The van der Waals surface area contributed by atoms with Crippen LogP contribution in [0.3, 0.4) is 0 Å². The van der Waals surface area contributed by atoms with E-state index < -0.39 is 10.9 Å². The Labute approximate surface area is 228 Å². The summed E-state index contributed by atoms with van der Waals surface area (Å²) < 4.78 is 24.1. The first-order valence-corrected chi connectivity index (χ1v) is 13.6. The highest BCUT2D eigenvalue weighted by Crippen LogP contribution is 2.30. The Morgan fingerprint density at radius 2 is 1.79 bits per heavy atom. The van der Waals surface area contributed by atoms with Crippen molar-refractivity contribution in [2.45, 2.75) is 6.92 Å². The summed E-state index contributed by atoms with van der Waals surface area (Å²) >= 11 is 0. The van der Waals surface area contributed by atoms with Crippen LogP contribution in [0.1, 0.15) is 6.92 Å². The van der Waals surface area contributed by atoms with Crippen molar-refractivity contribution in [2.24, 2.45) is 0 Å².